The fraction of sp³-hybridized carbons (Fsp3) is 0.273. The number of allylic oxidation sites excluding steroid dienone is 1. The number of carbonyl (C=O) groups excluding carboxylic acids is 1. The molecule has 0 aliphatic carbocycles. The van der Waals surface area contributed by atoms with Gasteiger partial charge in [-0.25, -0.2) is 4.98 Å². The molecule has 0 aliphatic rings. The van der Waals surface area contributed by atoms with Gasteiger partial charge < -0.3 is 0 Å². The number of aryl methyl sites for hydroxylation is 1. The number of rotatable bonds is 4. The van der Waals surface area contributed by atoms with Crippen LogP contribution in [0.2, 0.25) is 5.15 Å². The van der Waals surface area contributed by atoms with Gasteiger partial charge in [0.25, 0.3) is 0 Å². The third-order valence-corrected chi connectivity index (χ3v) is 2.25. The summed E-state index contributed by atoms with van der Waals surface area (Å²) < 4.78 is 0. The van der Waals surface area contributed by atoms with Gasteiger partial charge in [-0.15, -0.1) is 6.58 Å². The quantitative estimate of drug-likeness (QED) is 0.433. The van der Waals surface area contributed by atoms with Crippen molar-refractivity contribution < 1.29 is 4.79 Å². The number of Topliss-reactive ketones (excluding diaryl/α,β-unsaturated/α-hetero) is 1. The second-order valence-electron chi connectivity index (χ2n) is 3.04. The van der Waals surface area contributed by atoms with Gasteiger partial charge in [-0.3, -0.25) is 4.79 Å². The summed E-state index contributed by atoms with van der Waals surface area (Å²) in [7, 11) is 0. The third-order valence-electron chi connectivity index (χ3n) is 1.97. The van der Waals surface area contributed by atoms with Crippen LogP contribution in [0, 0.1) is 6.92 Å². The van der Waals surface area contributed by atoms with Crippen molar-refractivity contribution in [1.82, 2.24) is 4.98 Å². The highest BCUT2D eigenvalue weighted by molar-refractivity contribution is 6.32. The molecule has 0 unspecified atom stereocenters. The lowest BCUT2D eigenvalue weighted by Crippen LogP contribution is -2.03. The largest absolute Gasteiger partial charge is 0.294 e. The van der Waals surface area contributed by atoms with Crippen LogP contribution in [0.3, 0.4) is 0 Å². The standard InChI is InChI=1S/C11H12ClNO/c1-3-4-5-9(14)10-8(2)6-7-13-11(10)12/h3,6-7H,1,4-5H2,2H3. The molecule has 2 nitrogen and oxygen atoms in total. The van der Waals surface area contributed by atoms with Crippen molar-refractivity contribution in [2.45, 2.75) is 19.8 Å². The molecule has 0 aliphatic heterocycles. The maximum absolute atomic E-state index is 11.7. The molecule has 0 N–H and O–H groups in total. The Bertz CT molecular complexity index is 340. The first-order valence-electron chi connectivity index (χ1n) is 4.42. The first-order chi connectivity index (χ1) is 6.66. The lowest BCUT2D eigenvalue weighted by molar-refractivity contribution is 0.0983. The first-order valence-corrected chi connectivity index (χ1v) is 4.79. The molecule has 1 aromatic rings. The van der Waals surface area contributed by atoms with Crippen LogP contribution in [-0.2, 0) is 0 Å². The van der Waals surface area contributed by atoms with Crippen LogP contribution in [0.15, 0.2) is 24.9 Å². The van der Waals surface area contributed by atoms with E-state index in [2.05, 4.69) is 11.6 Å². The van der Waals surface area contributed by atoms with Gasteiger partial charge in [0.05, 0.1) is 5.56 Å². The average Bonchev–Trinajstić information content (AvgIpc) is 2.14. The summed E-state index contributed by atoms with van der Waals surface area (Å²) >= 11 is 5.85. The van der Waals surface area contributed by atoms with E-state index in [1.807, 2.05) is 6.92 Å². The predicted octanol–water partition coefficient (Wildman–Crippen LogP) is 3.19. The van der Waals surface area contributed by atoms with Gasteiger partial charge >= 0.3 is 0 Å². The second-order valence-corrected chi connectivity index (χ2v) is 3.40. The Morgan fingerprint density at radius 1 is 1.71 bits per heavy atom. The number of carbonyl (C=O) groups is 1. The van der Waals surface area contributed by atoms with E-state index in [1.54, 1.807) is 18.3 Å². The van der Waals surface area contributed by atoms with Crippen molar-refractivity contribution in [3.05, 3.63) is 41.2 Å². The third kappa shape index (κ3) is 2.42. The Kier molecular flexibility index (Phi) is 3.84. The highest BCUT2D eigenvalue weighted by atomic mass is 35.5. The van der Waals surface area contributed by atoms with Crippen LogP contribution in [-0.4, -0.2) is 10.8 Å². The van der Waals surface area contributed by atoms with E-state index >= 15 is 0 Å². The molecule has 0 atom stereocenters. The molecule has 14 heavy (non-hydrogen) atoms. The van der Waals surface area contributed by atoms with Gasteiger partial charge in [-0.2, -0.15) is 0 Å². The Labute approximate surface area is 88.6 Å². The topological polar surface area (TPSA) is 30.0 Å². The van der Waals surface area contributed by atoms with E-state index in [-0.39, 0.29) is 5.78 Å². The highest BCUT2D eigenvalue weighted by Gasteiger charge is 2.12. The Balaban J connectivity index is 2.94. The van der Waals surface area contributed by atoms with Crippen molar-refractivity contribution in [2.75, 3.05) is 0 Å². The lowest BCUT2D eigenvalue weighted by Gasteiger charge is -2.04. The normalized spacial score (nSPS) is 9.86. The molecule has 1 rings (SSSR count). The highest BCUT2D eigenvalue weighted by Crippen LogP contribution is 2.18. The number of aromatic nitrogens is 1. The van der Waals surface area contributed by atoms with Crippen LogP contribution in [0.5, 0.6) is 0 Å². The zero-order valence-corrected chi connectivity index (χ0v) is 8.84. The molecular formula is C11H12ClNO. The fourth-order valence-electron chi connectivity index (χ4n) is 1.22. The summed E-state index contributed by atoms with van der Waals surface area (Å²) in [5.41, 5.74) is 1.41. The SMILES string of the molecule is C=CCCC(=O)c1c(C)ccnc1Cl. The number of halogens is 1. The summed E-state index contributed by atoms with van der Waals surface area (Å²) in [6.45, 7) is 5.43. The zero-order chi connectivity index (χ0) is 10.6. The minimum absolute atomic E-state index is 0.0282. The molecule has 1 heterocycles. The van der Waals surface area contributed by atoms with E-state index in [9.17, 15) is 4.79 Å². The number of pyridine rings is 1. The molecule has 0 spiro atoms. The molecule has 0 radical (unpaired) electrons. The van der Waals surface area contributed by atoms with Gasteiger partial charge in [0.1, 0.15) is 5.15 Å². The Hall–Kier alpha value is -1.15. The van der Waals surface area contributed by atoms with Crippen LogP contribution >= 0.6 is 11.6 Å². The van der Waals surface area contributed by atoms with Crippen LogP contribution in [0.25, 0.3) is 0 Å². The van der Waals surface area contributed by atoms with Gasteiger partial charge in [0.15, 0.2) is 5.78 Å². The molecule has 0 saturated carbocycles. The van der Waals surface area contributed by atoms with E-state index in [0.29, 0.717) is 23.6 Å². The number of nitrogens with zero attached hydrogens (tertiary/aromatic N) is 1. The van der Waals surface area contributed by atoms with Crippen molar-refractivity contribution >= 4 is 17.4 Å². The van der Waals surface area contributed by atoms with Crippen molar-refractivity contribution in [1.29, 1.82) is 0 Å². The van der Waals surface area contributed by atoms with Gasteiger partial charge in [0, 0.05) is 12.6 Å². The van der Waals surface area contributed by atoms with Gasteiger partial charge in [-0.05, 0) is 25.0 Å². The molecule has 3 heteroatoms. The van der Waals surface area contributed by atoms with E-state index in [4.69, 9.17) is 11.6 Å². The summed E-state index contributed by atoms with van der Waals surface area (Å²) in [6.07, 6.45) is 4.43. The zero-order valence-electron chi connectivity index (χ0n) is 8.09. The minimum Gasteiger partial charge on any atom is -0.294 e. The van der Waals surface area contributed by atoms with Gasteiger partial charge in [0.2, 0.25) is 0 Å². The van der Waals surface area contributed by atoms with Crippen LogP contribution < -0.4 is 0 Å². The maximum atomic E-state index is 11.7. The lowest BCUT2D eigenvalue weighted by atomic mass is 10.0. The Morgan fingerprint density at radius 2 is 2.43 bits per heavy atom. The fourth-order valence-corrected chi connectivity index (χ4v) is 1.53. The summed E-state index contributed by atoms with van der Waals surface area (Å²) in [5.74, 6) is 0.0282. The molecule has 0 bridgehead atoms. The number of ketones is 1. The van der Waals surface area contributed by atoms with Crippen molar-refractivity contribution in [3.63, 3.8) is 0 Å². The number of hydrogen-bond donors (Lipinski definition) is 0. The van der Waals surface area contributed by atoms with Crippen molar-refractivity contribution in [3.8, 4) is 0 Å². The van der Waals surface area contributed by atoms with E-state index < -0.39 is 0 Å². The number of hydrogen-bond acceptors (Lipinski definition) is 2. The summed E-state index contributed by atoms with van der Waals surface area (Å²) in [6, 6.07) is 1.78. The van der Waals surface area contributed by atoms with Crippen molar-refractivity contribution in [2.24, 2.45) is 0 Å². The smallest absolute Gasteiger partial charge is 0.166 e. The van der Waals surface area contributed by atoms with Gasteiger partial charge in [-0.1, -0.05) is 17.7 Å². The maximum Gasteiger partial charge on any atom is 0.166 e. The minimum atomic E-state index is 0.0282. The molecular weight excluding hydrogens is 198 g/mol. The van der Waals surface area contributed by atoms with Crippen LogP contribution in [0.4, 0.5) is 0 Å². The molecule has 0 fully saturated rings. The molecule has 74 valence electrons. The average molecular weight is 210 g/mol. The Morgan fingerprint density at radius 3 is 3.00 bits per heavy atom. The summed E-state index contributed by atoms with van der Waals surface area (Å²) in [5, 5.41) is 0.291. The second kappa shape index (κ2) is 4.91. The van der Waals surface area contributed by atoms with E-state index in [1.165, 1.54) is 0 Å². The molecule has 1 aromatic heterocycles. The summed E-state index contributed by atoms with van der Waals surface area (Å²) in [4.78, 5) is 15.6. The molecule has 0 saturated heterocycles. The predicted molar refractivity (Wildman–Crippen MR) is 57.7 cm³/mol. The monoisotopic (exact) mass is 209 g/mol. The molecule has 0 aromatic carbocycles. The van der Waals surface area contributed by atoms with Crippen LogP contribution in [0.1, 0.15) is 28.8 Å². The molecule has 0 amide bonds. The first kappa shape index (κ1) is 10.9. The van der Waals surface area contributed by atoms with E-state index in [0.717, 1.165) is 5.56 Å².